The van der Waals surface area contributed by atoms with Crippen LogP contribution in [-0.4, -0.2) is 35.6 Å². The molecule has 0 bridgehead atoms. The summed E-state index contributed by atoms with van der Waals surface area (Å²) in [7, 11) is 0. The highest BCUT2D eigenvalue weighted by atomic mass is 32.1. The number of amides is 1. The third kappa shape index (κ3) is 4.17. The molecule has 1 aromatic heterocycles. The van der Waals surface area contributed by atoms with Crippen LogP contribution in [0.25, 0.3) is 0 Å². The smallest absolute Gasteiger partial charge is 0.254 e. The molecule has 0 aliphatic rings. The van der Waals surface area contributed by atoms with Gasteiger partial charge >= 0.3 is 0 Å². The van der Waals surface area contributed by atoms with Crippen molar-refractivity contribution in [3.63, 3.8) is 0 Å². The van der Waals surface area contributed by atoms with Crippen LogP contribution in [0.15, 0.2) is 11.4 Å². The monoisotopic (exact) mass is 265 g/mol. The number of rotatable bonds is 5. The van der Waals surface area contributed by atoms with Crippen LogP contribution >= 0.6 is 11.3 Å². The molecule has 0 fully saturated rings. The largest absolute Gasteiger partial charge is 0.395 e. The van der Waals surface area contributed by atoms with Crippen LogP contribution in [0.4, 0.5) is 0 Å². The number of carbonyl (C=O) groups excluding carboxylic acids is 1. The number of thiophene rings is 1. The van der Waals surface area contributed by atoms with Crippen LogP contribution in [0, 0.1) is 11.8 Å². The predicted molar refractivity (Wildman–Crippen MR) is 74.8 cm³/mol. The van der Waals surface area contributed by atoms with Crippen molar-refractivity contribution >= 4 is 17.2 Å². The summed E-state index contributed by atoms with van der Waals surface area (Å²) in [6.45, 7) is 5.65. The molecular formula is C14H19NO2S. The van der Waals surface area contributed by atoms with Gasteiger partial charge in [-0.05, 0) is 19.4 Å². The summed E-state index contributed by atoms with van der Waals surface area (Å²) >= 11 is 1.47. The Labute approximate surface area is 112 Å². The van der Waals surface area contributed by atoms with Crippen LogP contribution in [0.2, 0.25) is 0 Å². The number of hydrogen-bond donors (Lipinski definition) is 1. The molecule has 0 radical (unpaired) electrons. The first kappa shape index (κ1) is 14.7. The zero-order valence-corrected chi connectivity index (χ0v) is 11.7. The zero-order valence-electron chi connectivity index (χ0n) is 10.9. The van der Waals surface area contributed by atoms with Crippen LogP contribution in [0.1, 0.15) is 41.9 Å². The second kappa shape index (κ2) is 7.91. The molecule has 0 aliphatic carbocycles. The van der Waals surface area contributed by atoms with Gasteiger partial charge in [0.25, 0.3) is 5.91 Å². The van der Waals surface area contributed by atoms with Crippen LogP contribution in [0.5, 0.6) is 0 Å². The van der Waals surface area contributed by atoms with Crippen molar-refractivity contribution in [3.05, 3.63) is 21.9 Å². The van der Waals surface area contributed by atoms with Gasteiger partial charge in [0.1, 0.15) is 0 Å². The molecule has 0 saturated heterocycles. The predicted octanol–water partition coefficient (Wildman–Crippen LogP) is 2.35. The van der Waals surface area contributed by atoms with E-state index in [9.17, 15) is 4.79 Å². The second-order valence-corrected chi connectivity index (χ2v) is 4.77. The highest BCUT2D eigenvalue weighted by Crippen LogP contribution is 2.15. The minimum Gasteiger partial charge on any atom is -0.395 e. The Morgan fingerprint density at radius 2 is 2.28 bits per heavy atom. The van der Waals surface area contributed by atoms with E-state index < -0.39 is 0 Å². The minimum absolute atomic E-state index is 0.0737. The first-order valence-electron chi connectivity index (χ1n) is 6.20. The molecule has 1 rings (SSSR count). The van der Waals surface area contributed by atoms with Crippen LogP contribution in [0.3, 0.4) is 0 Å². The number of nitrogens with zero attached hydrogens (tertiary/aromatic N) is 1. The van der Waals surface area contributed by atoms with Gasteiger partial charge in [-0.1, -0.05) is 18.8 Å². The highest BCUT2D eigenvalue weighted by molar-refractivity contribution is 7.10. The molecule has 4 heteroatoms. The van der Waals surface area contributed by atoms with Crippen molar-refractivity contribution in [2.75, 3.05) is 19.7 Å². The molecule has 1 heterocycles. The molecule has 1 N–H and O–H groups in total. The molecule has 0 atom stereocenters. The lowest BCUT2D eigenvalue weighted by molar-refractivity contribution is 0.0765. The van der Waals surface area contributed by atoms with E-state index >= 15 is 0 Å². The van der Waals surface area contributed by atoms with Crippen LogP contribution in [-0.2, 0) is 0 Å². The van der Waals surface area contributed by atoms with Gasteiger partial charge in [0.15, 0.2) is 0 Å². The summed E-state index contributed by atoms with van der Waals surface area (Å²) < 4.78 is 0. The van der Waals surface area contributed by atoms with Crippen molar-refractivity contribution in [2.45, 2.75) is 26.7 Å². The van der Waals surface area contributed by atoms with Gasteiger partial charge in [0, 0.05) is 24.9 Å². The summed E-state index contributed by atoms with van der Waals surface area (Å²) in [6.07, 6.45) is 1.44. The van der Waals surface area contributed by atoms with Crippen molar-refractivity contribution in [1.82, 2.24) is 4.90 Å². The van der Waals surface area contributed by atoms with Crippen molar-refractivity contribution in [3.8, 4) is 11.8 Å². The van der Waals surface area contributed by atoms with E-state index in [2.05, 4.69) is 18.8 Å². The quantitative estimate of drug-likeness (QED) is 0.830. The topological polar surface area (TPSA) is 40.5 Å². The minimum atomic E-state index is 0.0737. The summed E-state index contributed by atoms with van der Waals surface area (Å²) in [5.41, 5.74) is 0.712. The maximum atomic E-state index is 12.2. The number of carbonyl (C=O) groups is 1. The SMILES string of the molecule is CCCN(CC)C(=O)c1csc(C#CCCO)c1. The average molecular weight is 265 g/mol. The Balaban J connectivity index is 2.73. The third-order valence-corrected chi connectivity index (χ3v) is 3.30. The Hall–Kier alpha value is -1.31. The number of aliphatic hydroxyl groups excluding tert-OH is 1. The fourth-order valence-corrected chi connectivity index (χ4v) is 2.32. The number of hydrogen-bond acceptors (Lipinski definition) is 3. The highest BCUT2D eigenvalue weighted by Gasteiger charge is 2.14. The molecule has 3 nitrogen and oxygen atoms in total. The molecule has 1 amide bonds. The number of aliphatic hydroxyl groups is 1. The molecule has 18 heavy (non-hydrogen) atoms. The van der Waals surface area contributed by atoms with Crippen molar-refractivity contribution < 1.29 is 9.90 Å². The van der Waals surface area contributed by atoms with Crippen LogP contribution < -0.4 is 0 Å². The maximum absolute atomic E-state index is 12.2. The van der Waals surface area contributed by atoms with Gasteiger partial charge in [-0.2, -0.15) is 0 Å². The Bertz CT molecular complexity index is 442. The lowest BCUT2D eigenvalue weighted by Gasteiger charge is -2.19. The lowest BCUT2D eigenvalue weighted by Crippen LogP contribution is -2.31. The summed E-state index contributed by atoms with van der Waals surface area (Å²) in [4.78, 5) is 14.9. The molecular weight excluding hydrogens is 246 g/mol. The van der Waals surface area contributed by atoms with E-state index in [1.165, 1.54) is 11.3 Å². The second-order valence-electron chi connectivity index (χ2n) is 3.86. The molecule has 0 aliphatic heterocycles. The Kier molecular flexibility index (Phi) is 6.48. The Morgan fingerprint density at radius 1 is 1.50 bits per heavy atom. The van der Waals surface area contributed by atoms with Gasteiger partial charge in [-0.25, -0.2) is 0 Å². The van der Waals surface area contributed by atoms with E-state index in [1.807, 2.05) is 23.3 Å². The third-order valence-electron chi connectivity index (χ3n) is 2.46. The summed E-state index contributed by atoms with van der Waals surface area (Å²) in [6, 6.07) is 1.83. The first-order chi connectivity index (χ1) is 8.72. The van der Waals surface area contributed by atoms with Gasteiger partial charge in [-0.15, -0.1) is 11.3 Å². The van der Waals surface area contributed by atoms with Gasteiger partial charge < -0.3 is 10.0 Å². The molecule has 1 aromatic rings. The van der Waals surface area contributed by atoms with E-state index in [0.29, 0.717) is 12.0 Å². The molecule has 0 saturated carbocycles. The fourth-order valence-electron chi connectivity index (χ4n) is 1.58. The van der Waals surface area contributed by atoms with Gasteiger partial charge in [-0.3, -0.25) is 4.79 Å². The average Bonchev–Trinajstić information content (AvgIpc) is 2.84. The lowest BCUT2D eigenvalue weighted by atomic mass is 10.2. The van der Waals surface area contributed by atoms with E-state index in [-0.39, 0.29) is 12.5 Å². The first-order valence-corrected chi connectivity index (χ1v) is 7.08. The maximum Gasteiger partial charge on any atom is 0.254 e. The van der Waals surface area contributed by atoms with Gasteiger partial charge in [0.2, 0.25) is 0 Å². The van der Waals surface area contributed by atoms with E-state index in [4.69, 9.17) is 5.11 Å². The molecule has 0 aromatic carbocycles. The standard InChI is InChI=1S/C14H19NO2S/c1-3-8-15(4-2)14(17)12-10-13(18-11-12)7-5-6-9-16/h10-11,16H,3-4,6,8-9H2,1-2H3. The molecule has 0 unspecified atom stereocenters. The molecule has 98 valence electrons. The normalized spacial score (nSPS) is 9.72. The van der Waals surface area contributed by atoms with Crippen molar-refractivity contribution in [2.24, 2.45) is 0 Å². The van der Waals surface area contributed by atoms with E-state index in [1.54, 1.807) is 0 Å². The molecule has 0 spiro atoms. The summed E-state index contributed by atoms with van der Waals surface area (Å²) in [5.74, 6) is 5.88. The fraction of sp³-hybridized carbons (Fsp3) is 0.500. The van der Waals surface area contributed by atoms with Gasteiger partial charge in [0.05, 0.1) is 17.0 Å². The Morgan fingerprint density at radius 3 is 2.89 bits per heavy atom. The van der Waals surface area contributed by atoms with Crippen molar-refractivity contribution in [1.29, 1.82) is 0 Å². The van der Waals surface area contributed by atoms with E-state index in [0.717, 1.165) is 24.4 Å². The zero-order chi connectivity index (χ0) is 13.4. The summed E-state index contributed by atoms with van der Waals surface area (Å²) in [5, 5.41) is 10.5.